The average Bonchev–Trinajstić information content (AvgIpc) is 3.51. The molecule has 0 aromatic heterocycles. The van der Waals surface area contributed by atoms with Gasteiger partial charge in [-0.05, 0) is 54.7 Å². The number of hydrogen-bond acceptors (Lipinski definition) is 6. The minimum atomic E-state index is -3.14. The molecule has 2 heterocycles. The van der Waals surface area contributed by atoms with E-state index in [1.165, 1.54) is 4.90 Å². The van der Waals surface area contributed by atoms with Crippen LogP contribution in [0.2, 0.25) is 5.04 Å². The molecule has 2 amide bonds. The SMILES string of the molecule is CC(C)(C)OC(=O)[C@H](O[Si](c1ccccc1)(c1ccccc1)C(C)(C)C)N1CCC(N2C(=O)c3ccccc3C2=O)C1. The van der Waals surface area contributed by atoms with Crippen molar-refractivity contribution >= 4 is 36.5 Å². The number of carbonyl (C=O) groups excluding carboxylic acids is 3. The molecule has 1 fully saturated rings. The van der Waals surface area contributed by atoms with Crippen molar-refractivity contribution in [2.45, 2.75) is 70.9 Å². The molecular weight excluding hydrogens is 544 g/mol. The highest BCUT2D eigenvalue weighted by Gasteiger charge is 2.54. The molecule has 2 atom stereocenters. The molecule has 7 nitrogen and oxygen atoms in total. The van der Waals surface area contributed by atoms with Crippen molar-refractivity contribution in [2.24, 2.45) is 0 Å². The molecule has 3 aromatic carbocycles. The van der Waals surface area contributed by atoms with E-state index in [0.29, 0.717) is 30.6 Å². The van der Waals surface area contributed by atoms with Crippen LogP contribution in [0.5, 0.6) is 0 Å². The van der Waals surface area contributed by atoms with E-state index in [1.807, 2.05) is 62.1 Å². The van der Waals surface area contributed by atoms with Gasteiger partial charge in [0.15, 0.2) is 0 Å². The minimum Gasteiger partial charge on any atom is -0.457 e. The number of ether oxygens (including phenoxy) is 1. The predicted octanol–water partition coefficient (Wildman–Crippen LogP) is 4.60. The normalized spacial score (nSPS) is 18.7. The number of benzene rings is 3. The second kappa shape index (κ2) is 11.2. The first kappa shape index (κ1) is 29.9. The van der Waals surface area contributed by atoms with Gasteiger partial charge in [0.2, 0.25) is 6.23 Å². The number of carbonyl (C=O) groups is 3. The number of nitrogens with zero attached hydrogens (tertiary/aromatic N) is 2. The standard InChI is InChI=1S/C34H40N2O5Si/c1-33(2,3)40-32(39)31(35-22-21-24(23-35)36-29(37)27-19-13-14-20-28(27)30(36)38)41-42(34(4,5)6,25-15-9-7-10-16-25)26-17-11-8-12-18-26/h7-20,24,31H,21-23H2,1-6H3/t24?,31-/m0/s1. The van der Waals surface area contributed by atoms with E-state index in [9.17, 15) is 14.4 Å². The fourth-order valence-corrected chi connectivity index (χ4v) is 10.8. The molecule has 0 saturated carbocycles. The Kier molecular flexibility index (Phi) is 8.00. The molecule has 1 saturated heterocycles. The van der Waals surface area contributed by atoms with Crippen molar-refractivity contribution < 1.29 is 23.5 Å². The summed E-state index contributed by atoms with van der Waals surface area (Å²) < 4.78 is 13.3. The molecule has 220 valence electrons. The maximum atomic E-state index is 14.0. The van der Waals surface area contributed by atoms with Gasteiger partial charge < -0.3 is 9.16 Å². The maximum Gasteiger partial charge on any atom is 0.350 e. The fraction of sp³-hybridized carbons (Fsp3) is 0.382. The van der Waals surface area contributed by atoms with Gasteiger partial charge in [-0.15, -0.1) is 0 Å². The van der Waals surface area contributed by atoms with E-state index in [0.717, 1.165) is 10.4 Å². The number of rotatable bonds is 7. The Morgan fingerprint density at radius 1 is 0.786 bits per heavy atom. The third-order valence-corrected chi connectivity index (χ3v) is 13.0. The van der Waals surface area contributed by atoms with Crippen molar-refractivity contribution in [3.8, 4) is 0 Å². The number of imide groups is 1. The molecule has 2 aliphatic rings. The Morgan fingerprint density at radius 3 is 1.71 bits per heavy atom. The zero-order chi connectivity index (χ0) is 30.3. The third-order valence-electron chi connectivity index (χ3n) is 8.03. The third kappa shape index (κ3) is 5.46. The van der Waals surface area contributed by atoms with Gasteiger partial charge in [-0.1, -0.05) is 93.6 Å². The highest BCUT2D eigenvalue weighted by molar-refractivity contribution is 6.99. The van der Waals surface area contributed by atoms with Crippen LogP contribution in [-0.4, -0.2) is 66.9 Å². The van der Waals surface area contributed by atoms with Crippen molar-refractivity contribution in [3.63, 3.8) is 0 Å². The van der Waals surface area contributed by atoms with Crippen molar-refractivity contribution in [1.82, 2.24) is 9.80 Å². The van der Waals surface area contributed by atoms with Crippen LogP contribution in [0.3, 0.4) is 0 Å². The summed E-state index contributed by atoms with van der Waals surface area (Å²) in [5.41, 5.74) is 0.118. The monoisotopic (exact) mass is 584 g/mol. The van der Waals surface area contributed by atoms with Crippen LogP contribution in [0.25, 0.3) is 0 Å². The highest BCUT2D eigenvalue weighted by Crippen LogP contribution is 2.39. The minimum absolute atomic E-state index is 0.288. The van der Waals surface area contributed by atoms with Gasteiger partial charge in [0.05, 0.1) is 17.2 Å². The summed E-state index contributed by atoms with van der Waals surface area (Å²) in [7, 11) is -3.14. The van der Waals surface area contributed by atoms with Crippen molar-refractivity contribution in [1.29, 1.82) is 0 Å². The molecule has 1 unspecified atom stereocenters. The lowest BCUT2D eigenvalue weighted by Gasteiger charge is -2.46. The van der Waals surface area contributed by atoms with E-state index < -0.39 is 26.1 Å². The zero-order valence-electron chi connectivity index (χ0n) is 25.3. The first-order chi connectivity index (χ1) is 19.8. The smallest absolute Gasteiger partial charge is 0.350 e. The molecule has 2 aliphatic heterocycles. The quantitative estimate of drug-likeness (QED) is 0.230. The second-order valence-corrected chi connectivity index (χ2v) is 17.4. The molecule has 5 rings (SSSR count). The van der Waals surface area contributed by atoms with Crippen molar-refractivity contribution in [3.05, 3.63) is 96.1 Å². The number of amides is 2. The Bertz CT molecular complexity index is 1390. The summed E-state index contributed by atoms with van der Waals surface area (Å²) in [6.07, 6.45) is -0.495. The molecule has 0 bridgehead atoms. The van der Waals surface area contributed by atoms with Gasteiger partial charge in [0.1, 0.15) is 5.60 Å². The zero-order valence-corrected chi connectivity index (χ0v) is 26.3. The van der Waals surface area contributed by atoms with Crippen LogP contribution in [-0.2, 0) is 14.0 Å². The van der Waals surface area contributed by atoms with E-state index in [-0.39, 0.29) is 22.9 Å². The first-order valence-corrected chi connectivity index (χ1v) is 16.5. The second-order valence-electron chi connectivity index (χ2n) is 13.1. The molecule has 0 N–H and O–H groups in total. The van der Waals surface area contributed by atoms with E-state index in [4.69, 9.17) is 9.16 Å². The Morgan fingerprint density at radius 2 is 1.26 bits per heavy atom. The van der Waals surface area contributed by atoms with Crippen LogP contribution in [0, 0.1) is 0 Å². The van der Waals surface area contributed by atoms with Crippen LogP contribution in [0.15, 0.2) is 84.9 Å². The molecule has 0 radical (unpaired) electrons. The van der Waals surface area contributed by atoms with Gasteiger partial charge in [-0.25, -0.2) is 4.79 Å². The van der Waals surface area contributed by atoms with Gasteiger partial charge in [0, 0.05) is 13.1 Å². The summed E-state index contributed by atoms with van der Waals surface area (Å²) in [6, 6.07) is 26.9. The Balaban J connectivity index is 1.55. The molecule has 0 spiro atoms. The van der Waals surface area contributed by atoms with Crippen LogP contribution >= 0.6 is 0 Å². The number of esters is 1. The van der Waals surface area contributed by atoms with Crippen LogP contribution in [0.1, 0.15) is 68.7 Å². The summed E-state index contributed by atoms with van der Waals surface area (Å²) >= 11 is 0. The molecule has 8 heteroatoms. The first-order valence-electron chi connectivity index (χ1n) is 14.6. The van der Waals surface area contributed by atoms with E-state index in [1.54, 1.807) is 24.3 Å². The largest absolute Gasteiger partial charge is 0.457 e. The van der Waals surface area contributed by atoms with Crippen LogP contribution in [0.4, 0.5) is 0 Å². The van der Waals surface area contributed by atoms with Gasteiger partial charge in [-0.3, -0.25) is 19.4 Å². The summed E-state index contributed by atoms with van der Waals surface area (Å²) in [5.74, 6) is -1.05. The molecular formula is C34H40N2O5Si. The maximum absolute atomic E-state index is 14.0. The van der Waals surface area contributed by atoms with Gasteiger partial charge in [0.25, 0.3) is 20.1 Å². The molecule has 42 heavy (non-hydrogen) atoms. The number of fused-ring (bicyclic) bond motifs is 1. The Hall–Kier alpha value is -3.59. The number of likely N-dealkylation sites (tertiary alicyclic amines) is 1. The fourth-order valence-electron chi connectivity index (χ4n) is 6.21. The van der Waals surface area contributed by atoms with Gasteiger partial charge in [-0.2, -0.15) is 0 Å². The summed E-state index contributed by atoms with van der Waals surface area (Å²) in [4.78, 5) is 43.9. The lowest BCUT2D eigenvalue weighted by atomic mass is 10.1. The lowest BCUT2D eigenvalue weighted by molar-refractivity contribution is -0.173. The van der Waals surface area contributed by atoms with E-state index in [2.05, 4.69) is 45.0 Å². The van der Waals surface area contributed by atoms with Crippen LogP contribution < -0.4 is 10.4 Å². The average molecular weight is 585 g/mol. The summed E-state index contributed by atoms with van der Waals surface area (Å²) in [6.45, 7) is 12.8. The molecule has 0 aliphatic carbocycles. The topological polar surface area (TPSA) is 76.2 Å². The Labute approximate surface area is 249 Å². The number of hydrogen-bond donors (Lipinski definition) is 0. The lowest BCUT2D eigenvalue weighted by Crippen LogP contribution is -2.70. The summed E-state index contributed by atoms with van der Waals surface area (Å²) in [5, 5.41) is 1.74. The van der Waals surface area contributed by atoms with Crippen molar-refractivity contribution in [2.75, 3.05) is 13.1 Å². The highest BCUT2D eigenvalue weighted by atomic mass is 28.4. The van der Waals surface area contributed by atoms with Gasteiger partial charge >= 0.3 is 5.97 Å². The molecule has 3 aromatic rings. The predicted molar refractivity (Wildman–Crippen MR) is 165 cm³/mol. The van der Waals surface area contributed by atoms with E-state index >= 15 is 0 Å².